The molecule has 0 radical (unpaired) electrons. The van der Waals surface area contributed by atoms with Gasteiger partial charge in [-0.3, -0.25) is 13.9 Å². The molecule has 0 N–H and O–H groups in total. The Morgan fingerprint density at radius 1 is 1.07 bits per heavy atom. The smallest absolute Gasteiger partial charge is 0.264 e. The summed E-state index contributed by atoms with van der Waals surface area (Å²) in [6.07, 6.45) is 0.750. The Bertz CT molecular complexity index is 987. The number of carbonyl (C=O) groups is 2. The van der Waals surface area contributed by atoms with E-state index in [9.17, 15) is 18.0 Å². The molecule has 1 aliphatic heterocycles. The predicted octanol–water partition coefficient (Wildman–Crippen LogP) is 2.14. The van der Waals surface area contributed by atoms with Gasteiger partial charge in [0.25, 0.3) is 10.0 Å². The predicted molar refractivity (Wildman–Crippen MR) is 111 cm³/mol. The lowest BCUT2D eigenvalue weighted by atomic mass is 10.2. The van der Waals surface area contributed by atoms with Crippen molar-refractivity contribution in [2.24, 2.45) is 0 Å². The molecule has 2 aromatic rings. The molecule has 1 fully saturated rings. The number of sulfonamides is 1. The Balaban J connectivity index is 1.92. The summed E-state index contributed by atoms with van der Waals surface area (Å²) in [6, 6.07) is 13.0. The topological polar surface area (TPSA) is 78.0 Å². The van der Waals surface area contributed by atoms with Crippen LogP contribution >= 0.6 is 11.6 Å². The van der Waals surface area contributed by atoms with Crippen molar-refractivity contribution in [2.45, 2.75) is 11.8 Å². The minimum absolute atomic E-state index is 0.0848. The molecular formula is C20H22ClN3O4S. The van der Waals surface area contributed by atoms with Crippen molar-refractivity contribution in [1.29, 1.82) is 0 Å². The van der Waals surface area contributed by atoms with Crippen LogP contribution in [-0.4, -0.2) is 63.3 Å². The third-order valence-corrected chi connectivity index (χ3v) is 6.92. The van der Waals surface area contributed by atoms with E-state index in [4.69, 9.17) is 11.6 Å². The second-order valence-corrected chi connectivity index (χ2v) is 9.07. The van der Waals surface area contributed by atoms with Gasteiger partial charge in [-0.15, -0.1) is 0 Å². The van der Waals surface area contributed by atoms with Crippen molar-refractivity contribution in [2.75, 3.05) is 37.0 Å². The summed E-state index contributed by atoms with van der Waals surface area (Å²) in [5, 5.41) is 0.238. The zero-order chi connectivity index (χ0) is 21.0. The molecule has 0 bridgehead atoms. The third-order valence-electron chi connectivity index (χ3n) is 4.83. The third kappa shape index (κ3) is 4.71. The van der Waals surface area contributed by atoms with E-state index in [2.05, 4.69) is 0 Å². The van der Waals surface area contributed by atoms with Gasteiger partial charge in [-0.05, 0) is 31.2 Å². The lowest BCUT2D eigenvalue weighted by Crippen LogP contribution is -2.51. The number of hydrogen-bond acceptors (Lipinski definition) is 4. The fourth-order valence-corrected chi connectivity index (χ4v) is 4.81. The maximum Gasteiger partial charge on any atom is 0.264 e. The first-order valence-corrected chi connectivity index (χ1v) is 11.0. The van der Waals surface area contributed by atoms with Crippen LogP contribution in [0.3, 0.4) is 0 Å². The average molecular weight is 436 g/mol. The summed E-state index contributed by atoms with van der Waals surface area (Å²) in [5.41, 5.74) is 1.17. The summed E-state index contributed by atoms with van der Waals surface area (Å²) < 4.78 is 27.8. The summed E-state index contributed by atoms with van der Waals surface area (Å²) in [7, 11) is -4.01. The Morgan fingerprint density at radius 3 is 2.28 bits per heavy atom. The van der Waals surface area contributed by atoms with E-state index in [0.29, 0.717) is 26.2 Å². The molecule has 0 unspecified atom stereocenters. The number of amides is 2. The van der Waals surface area contributed by atoms with Gasteiger partial charge in [-0.2, -0.15) is 0 Å². The molecule has 0 spiro atoms. The SMILES string of the molecule is Cc1ccc(S(=O)(=O)N(CC(=O)N2CCN(C=O)CC2)c2ccccc2Cl)cc1. The standard InChI is InChI=1S/C20H22ClN3O4S/c1-16-6-8-17(9-7-16)29(27,28)24(19-5-3-2-4-18(19)21)14-20(26)23-12-10-22(15-25)11-13-23/h2-9,15H,10-14H2,1H3. The number of anilines is 1. The molecule has 2 aromatic carbocycles. The molecule has 0 atom stereocenters. The van der Waals surface area contributed by atoms with Crippen LogP contribution in [0.2, 0.25) is 5.02 Å². The fraction of sp³-hybridized carbons (Fsp3) is 0.300. The van der Waals surface area contributed by atoms with E-state index in [1.807, 2.05) is 6.92 Å². The molecule has 29 heavy (non-hydrogen) atoms. The van der Waals surface area contributed by atoms with Crippen LogP contribution in [0.25, 0.3) is 0 Å². The van der Waals surface area contributed by atoms with Crippen molar-refractivity contribution >= 4 is 39.6 Å². The second kappa shape index (κ2) is 8.84. The number of nitrogens with zero attached hydrogens (tertiary/aromatic N) is 3. The average Bonchev–Trinajstić information content (AvgIpc) is 2.73. The van der Waals surface area contributed by atoms with Gasteiger partial charge in [0.2, 0.25) is 12.3 Å². The number of benzene rings is 2. The first-order valence-electron chi connectivity index (χ1n) is 9.14. The molecule has 0 aromatic heterocycles. The number of hydrogen-bond donors (Lipinski definition) is 0. The minimum atomic E-state index is -4.01. The highest BCUT2D eigenvalue weighted by Gasteiger charge is 2.31. The van der Waals surface area contributed by atoms with Gasteiger partial charge in [-0.1, -0.05) is 41.4 Å². The van der Waals surface area contributed by atoms with Crippen molar-refractivity contribution in [3.8, 4) is 0 Å². The van der Waals surface area contributed by atoms with Gasteiger partial charge in [0.05, 0.1) is 15.6 Å². The van der Waals surface area contributed by atoms with Crippen LogP contribution in [-0.2, 0) is 19.6 Å². The van der Waals surface area contributed by atoms with Gasteiger partial charge in [0.1, 0.15) is 6.54 Å². The van der Waals surface area contributed by atoms with Crippen LogP contribution in [0.15, 0.2) is 53.4 Å². The number of rotatable bonds is 6. The summed E-state index contributed by atoms with van der Waals surface area (Å²) in [4.78, 5) is 27.0. The fourth-order valence-electron chi connectivity index (χ4n) is 3.09. The van der Waals surface area contributed by atoms with Gasteiger partial charge in [0.15, 0.2) is 0 Å². The Labute approximate surface area is 175 Å². The quantitative estimate of drug-likeness (QED) is 0.651. The molecule has 0 aliphatic carbocycles. The molecule has 1 saturated heterocycles. The van der Waals surface area contributed by atoms with Crippen molar-refractivity contribution in [1.82, 2.24) is 9.80 Å². The monoisotopic (exact) mass is 435 g/mol. The van der Waals surface area contributed by atoms with Gasteiger partial charge < -0.3 is 9.80 Å². The highest BCUT2D eigenvalue weighted by molar-refractivity contribution is 7.92. The number of carbonyl (C=O) groups excluding carboxylic acids is 2. The van der Waals surface area contributed by atoms with Crippen molar-refractivity contribution < 1.29 is 18.0 Å². The number of aryl methyl sites for hydroxylation is 1. The number of piperazine rings is 1. The van der Waals surface area contributed by atoms with Crippen LogP contribution in [0.4, 0.5) is 5.69 Å². The van der Waals surface area contributed by atoms with Crippen molar-refractivity contribution in [3.63, 3.8) is 0 Å². The van der Waals surface area contributed by atoms with E-state index in [1.54, 1.807) is 46.2 Å². The van der Waals surface area contributed by atoms with Crippen LogP contribution in [0.1, 0.15) is 5.56 Å². The molecule has 0 saturated carbocycles. The lowest BCUT2D eigenvalue weighted by Gasteiger charge is -2.34. The highest BCUT2D eigenvalue weighted by atomic mass is 35.5. The first kappa shape index (κ1) is 21.1. The van der Waals surface area contributed by atoms with E-state index in [-0.39, 0.29) is 28.1 Å². The summed E-state index contributed by atoms with van der Waals surface area (Å²) >= 11 is 6.27. The molecule has 1 aliphatic rings. The Hall–Kier alpha value is -2.58. The van der Waals surface area contributed by atoms with E-state index in [1.165, 1.54) is 12.1 Å². The van der Waals surface area contributed by atoms with E-state index >= 15 is 0 Å². The largest absolute Gasteiger partial charge is 0.342 e. The molecule has 154 valence electrons. The summed E-state index contributed by atoms with van der Waals surface area (Å²) in [6.45, 7) is 3.06. The highest BCUT2D eigenvalue weighted by Crippen LogP contribution is 2.30. The van der Waals surface area contributed by atoms with Gasteiger partial charge in [-0.25, -0.2) is 8.42 Å². The van der Waals surface area contributed by atoms with Crippen molar-refractivity contribution in [3.05, 3.63) is 59.1 Å². The summed E-state index contributed by atoms with van der Waals surface area (Å²) in [5.74, 6) is -0.342. The molecule has 9 heteroatoms. The molecular weight excluding hydrogens is 414 g/mol. The van der Waals surface area contributed by atoms with E-state index < -0.39 is 10.0 Å². The lowest BCUT2D eigenvalue weighted by molar-refractivity contribution is -0.133. The maximum absolute atomic E-state index is 13.4. The molecule has 1 heterocycles. The molecule has 2 amide bonds. The van der Waals surface area contributed by atoms with Crippen LogP contribution in [0, 0.1) is 6.92 Å². The molecule has 7 nitrogen and oxygen atoms in total. The zero-order valence-electron chi connectivity index (χ0n) is 16.0. The Morgan fingerprint density at radius 2 is 1.69 bits per heavy atom. The van der Waals surface area contributed by atoms with Crippen LogP contribution in [0.5, 0.6) is 0 Å². The zero-order valence-corrected chi connectivity index (χ0v) is 17.6. The Kier molecular flexibility index (Phi) is 6.44. The number of para-hydroxylation sites is 1. The second-order valence-electron chi connectivity index (χ2n) is 6.80. The van der Waals surface area contributed by atoms with E-state index in [0.717, 1.165) is 16.3 Å². The normalized spacial score (nSPS) is 14.6. The first-order chi connectivity index (χ1) is 13.8. The van der Waals surface area contributed by atoms with Crippen LogP contribution < -0.4 is 4.31 Å². The van der Waals surface area contributed by atoms with Gasteiger partial charge in [0, 0.05) is 26.2 Å². The molecule has 3 rings (SSSR count). The minimum Gasteiger partial charge on any atom is -0.342 e. The van der Waals surface area contributed by atoms with Gasteiger partial charge >= 0.3 is 0 Å². The number of halogens is 1. The maximum atomic E-state index is 13.4.